The summed E-state index contributed by atoms with van der Waals surface area (Å²) in [5.74, 6) is -0.456. The summed E-state index contributed by atoms with van der Waals surface area (Å²) in [7, 11) is 0. The maximum absolute atomic E-state index is 12.3. The van der Waals surface area contributed by atoms with Crippen LogP contribution >= 0.6 is 23.1 Å². The number of nitrogens with one attached hydrogen (secondary N) is 3. The Balaban J connectivity index is 1.31. The van der Waals surface area contributed by atoms with Gasteiger partial charge in [0.15, 0.2) is 10.3 Å². The lowest BCUT2D eigenvalue weighted by Crippen LogP contribution is -2.26. The molecule has 2 aromatic carbocycles. The number of carbonyl (C=O) groups excluding carboxylic acids is 2. The second-order valence-electron chi connectivity index (χ2n) is 7.31. The van der Waals surface area contributed by atoms with Crippen LogP contribution in [-0.4, -0.2) is 32.5 Å². The zero-order chi connectivity index (χ0) is 23.2. The van der Waals surface area contributed by atoms with Crippen molar-refractivity contribution in [3.05, 3.63) is 81.8 Å². The lowest BCUT2D eigenvalue weighted by atomic mass is 10.2. The Bertz CT molecular complexity index is 1350. The van der Waals surface area contributed by atoms with Gasteiger partial charge < -0.3 is 15.6 Å². The quantitative estimate of drug-likeness (QED) is 0.264. The van der Waals surface area contributed by atoms with Crippen molar-refractivity contribution in [3.8, 4) is 0 Å². The van der Waals surface area contributed by atoms with Crippen LogP contribution < -0.4 is 16.2 Å². The second-order valence-corrected chi connectivity index (χ2v) is 9.30. The largest absolute Gasteiger partial charge is 0.352 e. The van der Waals surface area contributed by atoms with Gasteiger partial charge in [-0.15, -0.1) is 0 Å². The summed E-state index contributed by atoms with van der Waals surface area (Å²) in [5, 5.41) is 6.39. The van der Waals surface area contributed by atoms with Gasteiger partial charge in [0.25, 0.3) is 5.56 Å². The number of carbonyl (C=O) groups is 2. The number of nitrogens with zero attached hydrogens (tertiary/aromatic N) is 2. The van der Waals surface area contributed by atoms with Crippen LogP contribution in [0, 0.1) is 6.92 Å². The number of hydrogen-bond acceptors (Lipinski definition) is 7. The number of thioether (sulfide) groups is 1. The minimum atomic E-state index is -0.375. The van der Waals surface area contributed by atoms with Gasteiger partial charge in [-0.05, 0) is 30.2 Å². The van der Waals surface area contributed by atoms with Gasteiger partial charge in [-0.1, -0.05) is 59.5 Å². The summed E-state index contributed by atoms with van der Waals surface area (Å²) >= 11 is 2.50. The van der Waals surface area contributed by atoms with E-state index in [9.17, 15) is 14.4 Å². The highest BCUT2D eigenvalue weighted by molar-refractivity contribution is 7.99. The molecule has 0 fully saturated rings. The molecule has 4 aromatic rings. The number of aromatic amines is 1. The minimum Gasteiger partial charge on any atom is -0.352 e. The van der Waals surface area contributed by atoms with Crippen molar-refractivity contribution in [2.45, 2.75) is 25.0 Å². The van der Waals surface area contributed by atoms with E-state index in [1.807, 2.05) is 55.5 Å². The molecule has 2 amide bonds. The van der Waals surface area contributed by atoms with Gasteiger partial charge in [0.1, 0.15) is 0 Å². The van der Waals surface area contributed by atoms with Crippen molar-refractivity contribution in [2.24, 2.45) is 0 Å². The topological polar surface area (TPSA) is 117 Å². The van der Waals surface area contributed by atoms with Gasteiger partial charge in [-0.25, -0.2) is 9.97 Å². The number of H-pyrrole nitrogens is 1. The maximum Gasteiger partial charge on any atom is 0.251 e. The number of benzene rings is 2. The maximum atomic E-state index is 12.3. The fourth-order valence-corrected chi connectivity index (χ4v) is 4.72. The molecule has 4 rings (SSSR count). The Morgan fingerprint density at radius 1 is 1.06 bits per heavy atom. The third-order valence-corrected chi connectivity index (χ3v) is 6.38. The Hall–Kier alpha value is -3.50. The highest BCUT2D eigenvalue weighted by atomic mass is 32.2. The number of amides is 2. The van der Waals surface area contributed by atoms with Crippen LogP contribution in [0.1, 0.15) is 16.8 Å². The van der Waals surface area contributed by atoms with Gasteiger partial charge in [-0.3, -0.25) is 14.4 Å². The highest BCUT2D eigenvalue weighted by Gasteiger charge is 2.12. The fourth-order valence-electron chi connectivity index (χ4n) is 3.04. The van der Waals surface area contributed by atoms with Crippen LogP contribution in [0.3, 0.4) is 0 Å². The van der Waals surface area contributed by atoms with E-state index in [-0.39, 0.29) is 34.7 Å². The van der Waals surface area contributed by atoms with Gasteiger partial charge in [0, 0.05) is 12.6 Å². The molecule has 2 heterocycles. The molecular formula is C23H21N5O3S2. The molecule has 0 radical (unpaired) electrons. The number of aromatic nitrogens is 3. The number of thiazole rings is 1. The van der Waals surface area contributed by atoms with E-state index in [0.29, 0.717) is 17.4 Å². The molecule has 10 heteroatoms. The first-order valence-electron chi connectivity index (χ1n) is 10.2. The Morgan fingerprint density at radius 2 is 1.88 bits per heavy atom. The number of hydrogen-bond donors (Lipinski definition) is 3. The highest BCUT2D eigenvalue weighted by Crippen LogP contribution is 2.26. The molecule has 0 atom stereocenters. The summed E-state index contributed by atoms with van der Waals surface area (Å²) < 4.78 is 1.00. The van der Waals surface area contributed by atoms with Gasteiger partial charge in [0.05, 0.1) is 28.1 Å². The molecule has 3 N–H and O–H groups in total. The second kappa shape index (κ2) is 10.4. The lowest BCUT2D eigenvalue weighted by Gasteiger charge is -2.06. The molecular weight excluding hydrogens is 458 g/mol. The van der Waals surface area contributed by atoms with Crippen molar-refractivity contribution >= 4 is 50.3 Å². The molecule has 0 saturated heterocycles. The Morgan fingerprint density at radius 3 is 2.70 bits per heavy atom. The smallest absolute Gasteiger partial charge is 0.251 e. The first kappa shape index (κ1) is 22.7. The van der Waals surface area contributed by atoms with Gasteiger partial charge >= 0.3 is 0 Å². The van der Waals surface area contributed by atoms with Crippen LogP contribution in [0.25, 0.3) is 10.2 Å². The van der Waals surface area contributed by atoms with E-state index in [1.54, 1.807) is 0 Å². The molecule has 0 bridgehead atoms. The molecule has 8 nitrogen and oxygen atoms in total. The van der Waals surface area contributed by atoms with Crippen molar-refractivity contribution in [3.63, 3.8) is 0 Å². The Kier molecular flexibility index (Phi) is 7.16. The van der Waals surface area contributed by atoms with Crippen LogP contribution in [0.15, 0.2) is 64.5 Å². The zero-order valence-electron chi connectivity index (χ0n) is 17.8. The first-order chi connectivity index (χ1) is 15.9. The molecule has 0 saturated carbocycles. The van der Waals surface area contributed by atoms with Gasteiger partial charge in [0.2, 0.25) is 11.8 Å². The standard InChI is InChI=1S/C23H21N5O3S2/c1-14-7-8-17-18(9-14)33-23(26-17)28-21(31)13-32-22-25-16(11-20(30)27-22)10-19(29)24-12-15-5-3-2-4-6-15/h2-9,11H,10,12-13H2,1H3,(H,24,29)(H,25,27,30)(H,26,28,31). The number of rotatable bonds is 8. The normalized spacial score (nSPS) is 10.8. The molecule has 0 aliphatic carbocycles. The SMILES string of the molecule is Cc1ccc2nc(NC(=O)CSc3nc(CC(=O)NCc4ccccc4)cc(=O)[nH]3)sc2c1. The van der Waals surface area contributed by atoms with E-state index in [0.717, 1.165) is 33.1 Å². The Labute approximate surface area is 197 Å². The van der Waals surface area contributed by atoms with Crippen LogP contribution in [-0.2, 0) is 22.6 Å². The number of aryl methyl sites for hydroxylation is 1. The molecule has 168 valence electrons. The summed E-state index contributed by atoms with van der Waals surface area (Å²) in [5.41, 5.74) is 2.91. The minimum absolute atomic E-state index is 0.0262. The van der Waals surface area contributed by atoms with E-state index in [2.05, 4.69) is 25.6 Å². The molecule has 33 heavy (non-hydrogen) atoms. The summed E-state index contributed by atoms with van der Waals surface area (Å²) in [6.45, 7) is 2.40. The molecule has 0 unspecified atom stereocenters. The van der Waals surface area contributed by atoms with E-state index in [1.165, 1.54) is 17.4 Å². The average Bonchev–Trinajstić information content (AvgIpc) is 3.18. The third-order valence-electron chi connectivity index (χ3n) is 4.58. The summed E-state index contributed by atoms with van der Waals surface area (Å²) in [4.78, 5) is 47.9. The monoisotopic (exact) mass is 479 g/mol. The first-order valence-corrected chi connectivity index (χ1v) is 12.0. The van der Waals surface area contributed by atoms with Crippen molar-refractivity contribution in [1.82, 2.24) is 20.3 Å². The van der Waals surface area contributed by atoms with E-state index >= 15 is 0 Å². The molecule has 2 aromatic heterocycles. The molecule has 0 aliphatic heterocycles. The molecule has 0 aliphatic rings. The predicted octanol–water partition coefficient (Wildman–Crippen LogP) is 3.28. The average molecular weight is 480 g/mol. The van der Waals surface area contributed by atoms with Gasteiger partial charge in [-0.2, -0.15) is 0 Å². The van der Waals surface area contributed by atoms with Crippen LogP contribution in [0.5, 0.6) is 0 Å². The third kappa shape index (κ3) is 6.50. The lowest BCUT2D eigenvalue weighted by molar-refractivity contribution is -0.120. The molecule has 0 spiro atoms. The van der Waals surface area contributed by atoms with Crippen molar-refractivity contribution < 1.29 is 9.59 Å². The van der Waals surface area contributed by atoms with Crippen molar-refractivity contribution in [1.29, 1.82) is 0 Å². The van der Waals surface area contributed by atoms with E-state index in [4.69, 9.17) is 0 Å². The zero-order valence-corrected chi connectivity index (χ0v) is 19.4. The van der Waals surface area contributed by atoms with Crippen LogP contribution in [0.2, 0.25) is 0 Å². The van der Waals surface area contributed by atoms with Crippen LogP contribution in [0.4, 0.5) is 5.13 Å². The fraction of sp³-hybridized carbons (Fsp3) is 0.174. The van der Waals surface area contributed by atoms with E-state index < -0.39 is 0 Å². The number of fused-ring (bicyclic) bond motifs is 1. The van der Waals surface area contributed by atoms with Crippen molar-refractivity contribution in [2.75, 3.05) is 11.1 Å². The summed E-state index contributed by atoms with van der Waals surface area (Å²) in [6.07, 6.45) is -0.0262. The number of anilines is 1. The predicted molar refractivity (Wildman–Crippen MR) is 131 cm³/mol. The summed E-state index contributed by atoms with van der Waals surface area (Å²) in [6, 6.07) is 16.7.